The van der Waals surface area contributed by atoms with E-state index >= 15 is 0 Å². The highest BCUT2D eigenvalue weighted by atomic mass is 32.1. The first kappa shape index (κ1) is 16.1. The topological polar surface area (TPSA) is 47.3 Å². The summed E-state index contributed by atoms with van der Waals surface area (Å²) < 4.78 is 5.33. The zero-order chi connectivity index (χ0) is 15.2. The quantitative estimate of drug-likeness (QED) is 0.777. The molecule has 0 aromatic heterocycles. The third kappa shape index (κ3) is 4.10. The van der Waals surface area contributed by atoms with Gasteiger partial charge in [-0.3, -0.25) is 0 Å². The number of nitrogens with one attached hydrogen (secondary N) is 1. The average Bonchev–Trinajstić information content (AvgIpc) is 2.53. The van der Waals surface area contributed by atoms with Gasteiger partial charge in [0.25, 0.3) is 0 Å². The average molecular weight is 306 g/mol. The molecule has 1 atom stereocenters. The first-order valence-corrected chi connectivity index (χ1v) is 8.31. The molecule has 116 valence electrons. The van der Waals surface area contributed by atoms with Crippen LogP contribution >= 0.6 is 12.2 Å². The van der Waals surface area contributed by atoms with E-state index in [1.165, 1.54) is 32.1 Å². The number of thiocarbonyl (C=S) groups is 1. The Morgan fingerprint density at radius 3 is 2.67 bits per heavy atom. The van der Waals surface area contributed by atoms with Gasteiger partial charge in [-0.25, -0.2) is 0 Å². The highest BCUT2D eigenvalue weighted by molar-refractivity contribution is 7.80. The smallest absolute Gasteiger partial charge is 0.120 e. The van der Waals surface area contributed by atoms with E-state index in [-0.39, 0.29) is 0 Å². The standard InChI is InChI=1S/C17H26N2OS/c1-3-15(12-7-5-4-6-8-12)19-16-11-13(20-2)9-10-14(16)17(18)21/h9-12,15,19H,3-8H2,1-2H3,(H2,18,21). The summed E-state index contributed by atoms with van der Waals surface area (Å²) in [5.41, 5.74) is 7.75. The molecule has 3 N–H and O–H groups in total. The predicted octanol–water partition coefficient (Wildman–Crippen LogP) is 4.10. The second-order valence-corrected chi connectivity index (χ2v) is 6.27. The minimum absolute atomic E-state index is 0.429. The van der Waals surface area contributed by atoms with Crippen LogP contribution < -0.4 is 15.8 Å². The Labute approximate surface area is 133 Å². The van der Waals surface area contributed by atoms with Gasteiger partial charge in [-0.05, 0) is 37.3 Å². The molecule has 1 fully saturated rings. The van der Waals surface area contributed by atoms with E-state index in [0.717, 1.165) is 29.3 Å². The fourth-order valence-corrected chi connectivity index (χ4v) is 3.45. The van der Waals surface area contributed by atoms with Crippen molar-refractivity contribution in [3.05, 3.63) is 23.8 Å². The van der Waals surface area contributed by atoms with Crippen molar-refractivity contribution in [1.29, 1.82) is 0 Å². The van der Waals surface area contributed by atoms with Gasteiger partial charge in [0.1, 0.15) is 10.7 Å². The van der Waals surface area contributed by atoms with Crippen LogP contribution in [0, 0.1) is 5.92 Å². The molecule has 0 aliphatic heterocycles. The van der Waals surface area contributed by atoms with Crippen molar-refractivity contribution >= 4 is 22.9 Å². The van der Waals surface area contributed by atoms with E-state index in [0.29, 0.717) is 11.0 Å². The largest absolute Gasteiger partial charge is 0.497 e. The Kier molecular flexibility index (Phi) is 5.85. The third-order valence-corrected chi connectivity index (χ3v) is 4.71. The van der Waals surface area contributed by atoms with Gasteiger partial charge in [-0.15, -0.1) is 0 Å². The summed E-state index contributed by atoms with van der Waals surface area (Å²) in [7, 11) is 1.68. The van der Waals surface area contributed by atoms with Crippen molar-refractivity contribution in [2.45, 2.75) is 51.5 Å². The van der Waals surface area contributed by atoms with Gasteiger partial charge in [0.2, 0.25) is 0 Å². The molecule has 0 spiro atoms. The monoisotopic (exact) mass is 306 g/mol. The van der Waals surface area contributed by atoms with E-state index < -0.39 is 0 Å². The number of ether oxygens (including phenoxy) is 1. The molecule has 0 bridgehead atoms. The number of methoxy groups -OCH3 is 1. The molecular weight excluding hydrogens is 280 g/mol. The zero-order valence-electron chi connectivity index (χ0n) is 13.0. The molecule has 1 aliphatic carbocycles. The Hall–Kier alpha value is -1.29. The molecule has 1 aliphatic rings. The Morgan fingerprint density at radius 1 is 1.38 bits per heavy atom. The van der Waals surface area contributed by atoms with Crippen molar-refractivity contribution in [1.82, 2.24) is 0 Å². The van der Waals surface area contributed by atoms with Crippen LogP contribution in [0.3, 0.4) is 0 Å². The number of rotatable bonds is 6. The maximum absolute atomic E-state index is 5.85. The third-order valence-electron chi connectivity index (χ3n) is 4.49. The number of anilines is 1. The summed E-state index contributed by atoms with van der Waals surface area (Å²) in [6, 6.07) is 6.32. The molecule has 1 aromatic rings. The number of hydrogen-bond donors (Lipinski definition) is 2. The van der Waals surface area contributed by atoms with Gasteiger partial charge >= 0.3 is 0 Å². The highest BCUT2D eigenvalue weighted by Crippen LogP contribution is 2.31. The Bertz CT molecular complexity index is 484. The van der Waals surface area contributed by atoms with Crippen molar-refractivity contribution in [3.63, 3.8) is 0 Å². The van der Waals surface area contributed by atoms with E-state index in [2.05, 4.69) is 12.2 Å². The van der Waals surface area contributed by atoms with Gasteiger partial charge in [-0.2, -0.15) is 0 Å². The van der Waals surface area contributed by atoms with Gasteiger partial charge in [0.05, 0.1) is 7.11 Å². The molecule has 0 saturated heterocycles. The van der Waals surface area contributed by atoms with E-state index in [9.17, 15) is 0 Å². The lowest BCUT2D eigenvalue weighted by Gasteiger charge is -2.31. The normalized spacial score (nSPS) is 17.2. The maximum Gasteiger partial charge on any atom is 0.120 e. The van der Waals surface area contributed by atoms with Crippen LogP contribution in [-0.2, 0) is 0 Å². The molecule has 0 radical (unpaired) electrons. The summed E-state index contributed by atoms with van der Waals surface area (Å²) in [6.07, 6.45) is 7.82. The second-order valence-electron chi connectivity index (χ2n) is 5.83. The van der Waals surface area contributed by atoms with E-state index in [4.69, 9.17) is 22.7 Å². The highest BCUT2D eigenvalue weighted by Gasteiger charge is 2.23. The first-order valence-electron chi connectivity index (χ1n) is 7.90. The van der Waals surface area contributed by atoms with Crippen molar-refractivity contribution in [2.24, 2.45) is 11.7 Å². The summed E-state index contributed by atoms with van der Waals surface area (Å²) in [4.78, 5) is 0.429. The van der Waals surface area contributed by atoms with Crippen LogP contribution in [0.25, 0.3) is 0 Å². The summed E-state index contributed by atoms with van der Waals surface area (Å²) >= 11 is 5.17. The molecule has 21 heavy (non-hydrogen) atoms. The van der Waals surface area contributed by atoms with E-state index in [1.807, 2.05) is 18.2 Å². The maximum atomic E-state index is 5.85. The second kappa shape index (κ2) is 7.64. The summed E-state index contributed by atoms with van der Waals surface area (Å²) in [6.45, 7) is 2.24. The van der Waals surface area contributed by atoms with Gasteiger partial charge in [-0.1, -0.05) is 38.4 Å². The molecule has 1 unspecified atom stereocenters. The lowest BCUT2D eigenvalue weighted by molar-refractivity contribution is 0.313. The fourth-order valence-electron chi connectivity index (χ4n) is 3.27. The Morgan fingerprint density at radius 2 is 2.10 bits per heavy atom. The van der Waals surface area contributed by atoms with Crippen molar-refractivity contribution in [3.8, 4) is 5.75 Å². The van der Waals surface area contributed by atoms with E-state index in [1.54, 1.807) is 7.11 Å². The van der Waals surface area contributed by atoms with Gasteiger partial charge in [0, 0.05) is 23.4 Å². The predicted molar refractivity (Wildman–Crippen MR) is 93.2 cm³/mol. The number of hydrogen-bond acceptors (Lipinski definition) is 3. The molecule has 2 rings (SSSR count). The summed E-state index contributed by atoms with van der Waals surface area (Å²) in [5.74, 6) is 1.57. The molecule has 1 saturated carbocycles. The van der Waals surface area contributed by atoms with Crippen LogP contribution in [-0.4, -0.2) is 18.1 Å². The van der Waals surface area contributed by atoms with Crippen molar-refractivity contribution in [2.75, 3.05) is 12.4 Å². The first-order chi connectivity index (χ1) is 10.2. The minimum Gasteiger partial charge on any atom is -0.497 e. The van der Waals surface area contributed by atoms with Crippen molar-refractivity contribution < 1.29 is 4.74 Å². The molecular formula is C17H26N2OS. The lowest BCUT2D eigenvalue weighted by atomic mass is 9.82. The molecule has 4 heteroatoms. The lowest BCUT2D eigenvalue weighted by Crippen LogP contribution is -2.31. The molecule has 1 aromatic carbocycles. The number of benzene rings is 1. The number of nitrogens with two attached hydrogens (primary N) is 1. The minimum atomic E-state index is 0.429. The molecule has 3 nitrogen and oxygen atoms in total. The Balaban J connectivity index is 2.20. The SMILES string of the molecule is CCC(Nc1cc(OC)ccc1C(N)=S)C1CCCCC1. The molecule has 0 heterocycles. The summed E-state index contributed by atoms with van der Waals surface area (Å²) in [5, 5.41) is 3.68. The molecule has 0 amide bonds. The van der Waals surface area contributed by atoms with Crippen LogP contribution in [0.5, 0.6) is 5.75 Å². The van der Waals surface area contributed by atoms with Crippen LogP contribution in [0.2, 0.25) is 0 Å². The van der Waals surface area contributed by atoms with Gasteiger partial charge < -0.3 is 15.8 Å². The van der Waals surface area contributed by atoms with Crippen LogP contribution in [0.1, 0.15) is 51.0 Å². The van der Waals surface area contributed by atoms with Gasteiger partial charge in [0.15, 0.2) is 0 Å². The van der Waals surface area contributed by atoms with Crippen LogP contribution in [0.15, 0.2) is 18.2 Å². The van der Waals surface area contributed by atoms with Crippen LogP contribution in [0.4, 0.5) is 5.69 Å². The zero-order valence-corrected chi connectivity index (χ0v) is 13.8. The fraction of sp³-hybridized carbons (Fsp3) is 0.588.